The minimum atomic E-state index is -1.65. The average molecular weight is 383 g/mol. The van der Waals surface area contributed by atoms with Crippen LogP contribution in [-0.2, 0) is 0 Å². The maximum atomic E-state index is 11.8. The number of hydrogen-bond donors (Lipinski definition) is 4. The van der Waals surface area contributed by atoms with Gasteiger partial charge in [0.05, 0.1) is 4.92 Å². The van der Waals surface area contributed by atoms with Crippen molar-refractivity contribution in [1.82, 2.24) is 20.9 Å². The molecular formula is C18H33N5O4. The van der Waals surface area contributed by atoms with Gasteiger partial charge in [-0.3, -0.25) is 15.4 Å². The summed E-state index contributed by atoms with van der Waals surface area (Å²) in [5, 5.41) is 28.4. The fraction of sp³-hybridized carbons (Fsp3) is 0.722. The molecular weight excluding hydrogens is 350 g/mol. The summed E-state index contributed by atoms with van der Waals surface area (Å²) in [5.74, 6) is 0.116. The van der Waals surface area contributed by atoms with Crippen molar-refractivity contribution in [3.63, 3.8) is 0 Å². The molecule has 154 valence electrons. The fourth-order valence-electron chi connectivity index (χ4n) is 2.62. The van der Waals surface area contributed by atoms with Gasteiger partial charge in [0.15, 0.2) is 0 Å². The van der Waals surface area contributed by atoms with Gasteiger partial charge in [0, 0.05) is 32.3 Å². The number of nitrogens with zero attached hydrogens (tertiary/aromatic N) is 2. The van der Waals surface area contributed by atoms with Gasteiger partial charge in [0.2, 0.25) is 0 Å². The molecule has 0 fully saturated rings. The summed E-state index contributed by atoms with van der Waals surface area (Å²) >= 11 is 0. The molecule has 1 amide bonds. The van der Waals surface area contributed by atoms with E-state index in [1.807, 2.05) is 6.08 Å². The second kappa shape index (κ2) is 10.8. The summed E-state index contributed by atoms with van der Waals surface area (Å²) in [6.45, 7) is 10.4. The molecule has 4 N–H and O–H groups in total. The predicted molar refractivity (Wildman–Crippen MR) is 105 cm³/mol. The van der Waals surface area contributed by atoms with Crippen molar-refractivity contribution in [3.05, 3.63) is 34.2 Å². The summed E-state index contributed by atoms with van der Waals surface area (Å²) < 4.78 is 0. The maximum absolute atomic E-state index is 11.8. The Morgan fingerprint density at radius 3 is 2.33 bits per heavy atom. The van der Waals surface area contributed by atoms with Gasteiger partial charge < -0.3 is 15.3 Å². The smallest absolute Gasteiger partial charge is 0.404 e. The molecule has 0 aromatic carbocycles. The molecule has 0 saturated heterocycles. The lowest BCUT2D eigenvalue weighted by molar-refractivity contribution is -0.570. The van der Waals surface area contributed by atoms with Gasteiger partial charge in [0.1, 0.15) is 5.82 Å². The number of amides is 1. The predicted octanol–water partition coefficient (Wildman–Crippen LogP) is 2.17. The Morgan fingerprint density at radius 2 is 1.85 bits per heavy atom. The second-order valence-corrected chi connectivity index (χ2v) is 7.57. The molecule has 1 heterocycles. The lowest BCUT2D eigenvalue weighted by Gasteiger charge is -2.35. The van der Waals surface area contributed by atoms with E-state index >= 15 is 0 Å². The van der Waals surface area contributed by atoms with Crippen LogP contribution in [0.3, 0.4) is 0 Å². The zero-order valence-electron chi connectivity index (χ0n) is 16.7. The molecule has 0 radical (unpaired) electrons. The van der Waals surface area contributed by atoms with E-state index in [4.69, 9.17) is 5.11 Å². The Labute approximate surface area is 161 Å². The number of carbonyl (C=O) groups is 1. The van der Waals surface area contributed by atoms with Crippen LogP contribution in [0.15, 0.2) is 24.0 Å². The molecule has 0 saturated carbocycles. The normalized spacial score (nSPS) is 19.0. The van der Waals surface area contributed by atoms with Gasteiger partial charge in [-0.25, -0.2) is 10.1 Å². The van der Waals surface area contributed by atoms with Crippen molar-refractivity contribution in [2.45, 2.75) is 46.3 Å². The molecule has 0 aliphatic carbocycles. The summed E-state index contributed by atoms with van der Waals surface area (Å²) in [4.78, 5) is 24.0. The van der Waals surface area contributed by atoms with Gasteiger partial charge in [-0.15, -0.1) is 0 Å². The quantitative estimate of drug-likeness (QED) is 0.176. The van der Waals surface area contributed by atoms with E-state index in [2.05, 4.69) is 48.5 Å². The van der Waals surface area contributed by atoms with E-state index in [0.29, 0.717) is 17.7 Å². The first kappa shape index (κ1) is 22.8. The van der Waals surface area contributed by atoms with Gasteiger partial charge in [-0.2, -0.15) is 0 Å². The number of nitro groups is 1. The van der Waals surface area contributed by atoms with Crippen molar-refractivity contribution in [3.8, 4) is 0 Å². The van der Waals surface area contributed by atoms with Crippen LogP contribution in [0.1, 0.15) is 40.5 Å². The van der Waals surface area contributed by atoms with Gasteiger partial charge in [0.25, 0.3) is 0 Å². The maximum Gasteiger partial charge on any atom is 0.404 e. The van der Waals surface area contributed by atoms with Gasteiger partial charge >= 0.3 is 11.9 Å². The van der Waals surface area contributed by atoms with Gasteiger partial charge in [-0.1, -0.05) is 33.8 Å². The van der Waals surface area contributed by atoms with Crippen molar-refractivity contribution >= 4 is 6.09 Å². The van der Waals surface area contributed by atoms with Crippen molar-refractivity contribution in [1.29, 1.82) is 0 Å². The third kappa shape index (κ3) is 7.86. The summed E-state index contributed by atoms with van der Waals surface area (Å²) in [6.07, 6.45) is 5.78. The zero-order valence-corrected chi connectivity index (χ0v) is 16.7. The molecule has 9 nitrogen and oxygen atoms in total. The van der Waals surface area contributed by atoms with Crippen molar-refractivity contribution < 1.29 is 14.8 Å². The molecule has 9 heteroatoms. The monoisotopic (exact) mass is 383 g/mol. The van der Waals surface area contributed by atoms with E-state index in [9.17, 15) is 14.9 Å². The highest BCUT2D eigenvalue weighted by atomic mass is 16.6. The third-order valence-electron chi connectivity index (χ3n) is 4.29. The first-order valence-corrected chi connectivity index (χ1v) is 9.45. The molecule has 1 unspecified atom stereocenters. The van der Waals surface area contributed by atoms with E-state index in [1.165, 1.54) is 6.08 Å². The third-order valence-corrected chi connectivity index (χ3v) is 4.29. The van der Waals surface area contributed by atoms with E-state index in [1.54, 1.807) is 6.08 Å². The highest BCUT2D eigenvalue weighted by Crippen LogP contribution is 2.18. The van der Waals surface area contributed by atoms with Crippen LogP contribution in [0.25, 0.3) is 0 Å². The average Bonchev–Trinajstić information content (AvgIpc) is 2.58. The SMILES string of the molecule is CC(C)CCN(CCC(C)C)C1=CC=CC(NCCNC(=O)O)([N+](=O)[O-])N1. The van der Waals surface area contributed by atoms with Crippen LogP contribution >= 0.6 is 0 Å². The Morgan fingerprint density at radius 1 is 1.26 bits per heavy atom. The fourth-order valence-corrected chi connectivity index (χ4v) is 2.62. The Balaban J connectivity index is 2.85. The van der Waals surface area contributed by atoms with Crippen LogP contribution in [0.2, 0.25) is 0 Å². The summed E-state index contributed by atoms with van der Waals surface area (Å²) in [7, 11) is 0. The molecule has 1 rings (SSSR count). The summed E-state index contributed by atoms with van der Waals surface area (Å²) in [6, 6.07) is 0. The molecule has 1 aliphatic rings. The number of dihydropyridines is 1. The molecule has 1 atom stereocenters. The Kier molecular flexibility index (Phi) is 9.07. The lowest BCUT2D eigenvalue weighted by Crippen LogP contribution is -2.64. The standard InChI is InChI=1S/C18H33N5O4/c1-14(2)7-12-22(13-8-15(3)4)16-6-5-9-18(21-16,23(26)27)20-11-10-19-17(24)25/h5-6,9,14-15,19-21H,7-8,10-13H2,1-4H3,(H,24,25). The largest absolute Gasteiger partial charge is 0.465 e. The number of allylic oxidation sites excluding steroid dienone is 2. The lowest BCUT2D eigenvalue weighted by atomic mass is 10.1. The first-order chi connectivity index (χ1) is 12.7. The molecule has 0 aromatic heterocycles. The minimum absolute atomic E-state index is 0.0733. The molecule has 27 heavy (non-hydrogen) atoms. The minimum Gasteiger partial charge on any atom is -0.465 e. The molecule has 0 bridgehead atoms. The number of carboxylic acid groups (broad SMARTS) is 1. The highest BCUT2D eigenvalue weighted by molar-refractivity contribution is 5.64. The van der Waals surface area contributed by atoms with Crippen LogP contribution in [0.5, 0.6) is 0 Å². The van der Waals surface area contributed by atoms with Crippen molar-refractivity contribution in [2.75, 3.05) is 26.2 Å². The Hall–Kier alpha value is -2.29. The number of hydrogen-bond acceptors (Lipinski definition) is 6. The van der Waals surface area contributed by atoms with Crippen LogP contribution in [-0.4, -0.2) is 53.0 Å². The van der Waals surface area contributed by atoms with Crippen LogP contribution in [0, 0.1) is 22.0 Å². The topological polar surface area (TPSA) is 120 Å². The van der Waals surface area contributed by atoms with Crippen LogP contribution < -0.4 is 16.0 Å². The number of nitrogens with one attached hydrogen (secondary N) is 3. The number of rotatable bonds is 12. The highest BCUT2D eigenvalue weighted by Gasteiger charge is 2.42. The Bertz CT molecular complexity index is 550. The second-order valence-electron chi connectivity index (χ2n) is 7.57. The zero-order chi connectivity index (χ0) is 20.4. The van der Waals surface area contributed by atoms with E-state index < -0.39 is 16.8 Å². The molecule has 0 aromatic rings. The molecule has 0 spiro atoms. The molecule has 1 aliphatic heterocycles. The van der Waals surface area contributed by atoms with Crippen LogP contribution in [0.4, 0.5) is 4.79 Å². The van der Waals surface area contributed by atoms with E-state index in [-0.39, 0.29) is 13.1 Å². The summed E-state index contributed by atoms with van der Waals surface area (Å²) in [5.41, 5.74) is 0. The van der Waals surface area contributed by atoms with Gasteiger partial charge in [-0.05, 0) is 30.8 Å². The first-order valence-electron chi connectivity index (χ1n) is 9.45. The van der Waals surface area contributed by atoms with E-state index in [0.717, 1.165) is 25.9 Å². The van der Waals surface area contributed by atoms with Crippen molar-refractivity contribution in [2.24, 2.45) is 11.8 Å².